The van der Waals surface area contributed by atoms with Crippen LogP contribution >= 0.6 is 0 Å². The minimum atomic E-state index is -7.34. The van der Waals surface area contributed by atoms with Gasteiger partial charge in [0.1, 0.15) is 0 Å². The van der Waals surface area contributed by atoms with Crippen molar-refractivity contribution in [3.8, 4) is 0 Å². The lowest BCUT2D eigenvalue weighted by Gasteiger charge is -2.34. The summed E-state index contributed by atoms with van der Waals surface area (Å²) in [5.74, 6) is -21.2. The van der Waals surface area contributed by atoms with Gasteiger partial charge >= 0.3 is 30.1 Å². The Kier molecular flexibility index (Phi) is 4.61. The van der Waals surface area contributed by atoms with Gasteiger partial charge in [-0.1, -0.05) is 0 Å². The first kappa shape index (κ1) is 19.1. The van der Waals surface area contributed by atoms with E-state index in [1.54, 1.807) is 0 Å². The Hall–Kier alpha value is -0.910. The summed E-state index contributed by atoms with van der Waals surface area (Å²) in [6.07, 6.45) is -21.6. The van der Waals surface area contributed by atoms with E-state index in [0.717, 1.165) is 0 Å². The van der Waals surface area contributed by atoms with E-state index in [4.69, 9.17) is 0 Å². The molecule has 0 rings (SSSR count). The molecule has 0 aromatic heterocycles. The van der Waals surface area contributed by atoms with E-state index >= 15 is 0 Å². The number of rotatable bonds is 4. The van der Waals surface area contributed by atoms with Crippen LogP contribution in [0.4, 0.5) is 57.1 Å². The Bertz CT molecular complexity index is 334. The van der Waals surface area contributed by atoms with Crippen molar-refractivity contribution in [1.29, 1.82) is 0 Å². The van der Waals surface area contributed by atoms with Crippen LogP contribution in [0.5, 0.6) is 0 Å². The van der Waals surface area contributed by atoms with Crippen LogP contribution in [0.1, 0.15) is 6.42 Å². The monoisotopic (exact) mass is 334 g/mol. The molecule has 0 aliphatic heterocycles. The van der Waals surface area contributed by atoms with Gasteiger partial charge < -0.3 is 0 Å². The van der Waals surface area contributed by atoms with Crippen LogP contribution in [-0.4, -0.2) is 36.3 Å². The number of hydrogen-bond donors (Lipinski definition) is 0. The lowest BCUT2D eigenvalue weighted by Crippen LogP contribution is -2.61. The number of alkyl halides is 13. The molecule has 0 aliphatic carbocycles. The molecule has 0 bridgehead atoms. The van der Waals surface area contributed by atoms with E-state index in [1.807, 2.05) is 0 Å². The molecule has 1 atom stereocenters. The first-order chi connectivity index (χ1) is 8.38. The zero-order valence-corrected chi connectivity index (χ0v) is 8.70. The second kappa shape index (κ2) is 4.83. The average molecular weight is 334 g/mol. The van der Waals surface area contributed by atoms with Crippen molar-refractivity contribution < 1.29 is 57.1 Å². The predicted molar refractivity (Wildman–Crippen MR) is 36.5 cm³/mol. The fourth-order valence-electron chi connectivity index (χ4n) is 0.877. The highest BCUT2D eigenvalue weighted by Crippen LogP contribution is 2.54. The van der Waals surface area contributed by atoms with Gasteiger partial charge in [-0.05, 0) is 0 Å². The standard InChI is InChI=1S/C7H3F13/c8-2(4(11,12)13)1-3(9,10)5(14,15)6(16,17)7(18,19)20/h2H,1H2. The molecule has 122 valence electrons. The summed E-state index contributed by atoms with van der Waals surface area (Å²) in [4.78, 5) is 0. The molecular formula is C7H3F13. The molecule has 0 N–H and O–H groups in total. The molecule has 0 heterocycles. The van der Waals surface area contributed by atoms with E-state index in [1.165, 1.54) is 0 Å². The molecule has 1 unspecified atom stereocenters. The van der Waals surface area contributed by atoms with E-state index in [0.29, 0.717) is 0 Å². The summed E-state index contributed by atoms with van der Waals surface area (Å²) >= 11 is 0. The van der Waals surface area contributed by atoms with Crippen molar-refractivity contribution in [1.82, 2.24) is 0 Å². The molecule has 0 radical (unpaired) electrons. The van der Waals surface area contributed by atoms with Crippen molar-refractivity contribution in [2.24, 2.45) is 0 Å². The van der Waals surface area contributed by atoms with Crippen molar-refractivity contribution in [2.75, 3.05) is 0 Å². The summed E-state index contributed by atoms with van der Waals surface area (Å²) in [6.45, 7) is 0. The van der Waals surface area contributed by atoms with Crippen molar-refractivity contribution in [3.05, 3.63) is 0 Å². The normalized spacial score (nSPS) is 17.2. The van der Waals surface area contributed by atoms with Gasteiger partial charge in [0.25, 0.3) is 0 Å². The quantitative estimate of drug-likeness (QED) is 0.651. The smallest absolute Gasteiger partial charge is 0.237 e. The Balaban J connectivity index is 5.48. The average Bonchev–Trinajstić information content (AvgIpc) is 2.12. The molecule has 0 spiro atoms. The van der Waals surface area contributed by atoms with Crippen molar-refractivity contribution >= 4 is 0 Å². The van der Waals surface area contributed by atoms with Crippen molar-refractivity contribution in [3.63, 3.8) is 0 Å². The van der Waals surface area contributed by atoms with Crippen LogP contribution in [0.15, 0.2) is 0 Å². The van der Waals surface area contributed by atoms with Gasteiger partial charge in [-0.3, -0.25) is 0 Å². The maximum Gasteiger partial charge on any atom is 0.460 e. The van der Waals surface area contributed by atoms with Crippen LogP contribution in [0.2, 0.25) is 0 Å². The summed E-state index contributed by atoms with van der Waals surface area (Å²) in [7, 11) is 0. The van der Waals surface area contributed by atoms with Gasteiger partial charge in [0.05, 0.1) is 6.42 Å². The Labute approximate surface area is 101 Å². The maximum absolute atomic E-state index is 12.5. The minimum Gasteiger partial charge on any atom is -0.237 e. The van der Waals surface area contributed by atoms with Crippen LogP contribution in [0, 0.1) is 0 Å². The van der Waals surface area contributed by atoms with E-state index < -0.39 is 42.7 Å². The zero-order valence-electron chi connectivity index (χ0n) is 8.70. The molecule has 0 fully saturated rings. The van der Waals surface area contributed by atoms with Crippen LogP contribution in [-0.2, 0) is 0 Å². The molecule has 0 amide bonds. The highest BCUT2D eigenvalue weighted by molar-refractivity contribution is 5.01. The highest BCUT2D eigenvalue weighted by atomic mass is 19.4. The maximum atomic E-state index is 12.5. The molecule has 0 nitrogen and oxygen atoms in total. The topological polar surface area (TPSA) is 0 Å². The van der Waals surface area contributed by atoms with Crippen LogP contribution in [0.3, 0.4) is 0 Å². The third kappa shape index (κ3) is 3.22. The van der Waals surface area contributed by atoms with Gasteiger partial charge in [-0.2, -0.15) is 52.7 Å². The summed E-state index contributed by atoms with van der Waals surface area (Å²) in [5, 5.41) is 0. The Morgan fingerprint density at radius 3 is 1.20 bits per heavy atom. The molecule has 0 saturated heterocycles. The third-order valence-corrected chi connectivity index (χ3v) is 2.00. The summed E-state index contributed by atoms with van der Waals surface area (Å²) < 4.78 is 156. The molecule has 0 saturated carbocycles. The fraction of sp³-hybridized carbons (Fsp3) is 1.00. The zero-order chi connectivity index (χ0) is 16.8. The SMILES string of the molecule is FC(CC(F)(F)C(F)(F)C(F)(F)C(F)(F)F)C(F)(F)F. The van der Waals surface area contributed by atoms with Crippen LogP contribution < -0.4 is 0 Å². The molecular weight excluding hydrogens is 331 g/mol. The number of hydrogen-bond acceptors (Lipinski definition) is 0. The first-order valence-electron chi connectivity index (χ1n) is 4.29. The van der Waals surface area contributed by atoms with Gasteiger partial charge in [-0.25, -0.2) is 4.39 Å². The van der Waals surface area contributed by atoms with Gasteiger partial charge in [0.2, 0.25) is 6.17 Å². The summed E-state index contributed by atoms with van der Waals surface area (Å²) in [6, 6.07) is 0. The Morgan fingerprint density at radius 2 is 0.950 bits per heavy atom. The highest BCUT2D eigenvalue weighted by Gasteiger charge is 2.82. The third-order valence-electron chi connectivity index (χ3n) is 2.00. The second-order valence-corrected chi connectivity index (χ2v) is 3.56. The van der Waals surface area contributed by atoms with Crippen LogP contribution in [0.25, 0.3) is 0 Å². The first-order valence-corrected chi connectivity index (χ1v) is 4.29. The minimum absolute atomic E-state index is 3.57. The molecule has 0 aliphatic rings. The van der Waals surface area contributed by atoms with E-state index in [9.17, 15) is 57.1 Å². The largest absolute Gasteiger partial charge is 0.460 e. The van der Waals surface area contributed by atoms with Crippen molar-refractivity contribution in [2.45, 2.75) is 42.7 Å². The number of halogens is 13. The molecule has 0 aromatic rings. The Morgan fingerprint density at radius 1 is 0.600 bits per heavy atom. The fourth-order valence-corrected chi connectivity index (χ4v) is 0.877. The molecule has 20 heavy (non-hydrogen) atoms. The molecule has 13 heteroatoms. The lowest BCUT2D eigenvalue weighted by molar-refractivity contribution is -0.399. The van der Waals surface area contributed by atoms with Gasteiger partial charge in [0.15, 0.2) is 0 Å². The molecule has 0 aromatic carbocycles. The van der Waals surface area contributed by atoms with E-state index in [2.05, 4.69) is 0 Å². The predicted octanol–water partition coefficient (Wildman–Crippen LogP) is 4.75. The lowest BCUT2D eigenvalue weighted by atomic mass is 9.99. The summed E-state index contributed by atoms with van der Waals surface area (Å²) in [5.41, 5.74) is 0. The second-order valence-electron chi connectivity index (χ2n) is 3.56. The van der Waals surface area contributed by atoms with E-state index in [-0.39, 0.29) is 0 Å². The van der Waals surface area contributed by atoms with Gasteiger partial charge in [0, 0.05) is 0 Å². The van der Waals surface area contributed by atoms with Gasteiger partial charge in [-0.15, -0.1) is 0 Å².